The van der Waals surface area contributed by atoms with Gasteiger partial charge in [0, 0.05) is 21.7 Å². The van der Waals surface area contributed by atoms with Crippen LogP contribution in [0, 0.1) is 0 Å². The molecular weight excluding hydrogens is 593 g/mol. The summed E-state index contributed by atoms with van der Waals surface area (Å²) in [6.45, 7) is 1.76. The number of nitrogens with one attached hydrogen (secondary N) is 3. The minimum Gasteiger partial charge on any atom is -0.496 e. The average Bonchev–Trinajstić information content (AvgIpc) is 2.99. The predicted octanol–water partition coefficient (Wildman–Crippen LogP) is 7.53. The van der Waals surface area contributed by atoms with Gasteiger partial charge in [0.15, 0.2) is 0 Å². The highest BCUT2D eigenvalue weighted by molar-refractivity contribution is 8.00. The van der Waals surface area contributed by atoms with Crippen LogP contribution in [-0.4, -0.2) is 30.1 Å². The van der Waals surface area contributed by atoms with Crippen LogP contribution in [0.15, 0.2) is 108 Å². The van der Waals surface area contributed by atoms with Crippen LogP contribution in [-0.2, 0) is 9.59 Å². The Hall–Kier alpha value is -4.24. The number of carbonyl (C=O) groups excluding carboxylic acids is 3. The van der Waals surface area contributed by atoms with Gasteiger partial charge >= 0.3 is 0 Å². The van der Waals surface area contributed by atoms with E-state index >= 15 is 0 Å². The molecule has 0 spiro atoms. The van der Waals surface area contributed by atoms with E-state index in [4.69, 9.17) is 27.9 Å². The molecule has 0 saturated carbocycles. The van der Waals surface area contributed by atoms with Gasteiger partial charge in [0.1, 0.15) is 11.4 Å². The minimum atomic E-state index is -0.534. The number of hydrogen-bond acceptors (Lipinski definition) is 5. The van der Waals surface area contributed by atoms with E-state index in [1.807, 2.05) is 12.1 Å². The minimum absolute atomic E-state index is 0.0255. The molecule has 0 aliphatic rings. The van der Waals surface area contributed by atoms with Gasteiger partial charge < -0.3 is 20.7 Å². The number of hydrogen-bond donors (Lipinski definition) is 3. The zero-order valence-corrected chi connectivity index (χ0v) is 25.0. The summed E-state index contributed by atoms with van der Waals surface area (Å²) in [5, 5.41) is 8.49. The van der Waals surface area contributed by atoms with Crippen molar-refractivity contribution in [2.24, 2.45) is 0 Å². The molecule has 0 saturated heterocycles. The first-order valence-electron chi connectivity index (χ1n) is 12.8. The topological polar surface area (TPSA) is 96.5 Å². The first kappa shape index (κ1) is 30.7. The van der Waals surface area contributed by atoms with Gasteiger partial charge in [-0.15, -0.1) is 11.8 Å². The lowest BCUT2D eigenvalue weighted by Gasteiger charge is -2.15. The molecule has 0 fully saturated rings. The van der Waals surface area contributed by atoms with E-state index in [-0.39, 0.29) is 16.6 Å². The summed E-state index contributed by atoms with van der Waals surface area (Å²) in [6, 6.07) is 27.8. The van der Waals surface area contributed by atoms with Gasteiger partial charge in [-0.25, -0.2) is 0 Å². The molecule has 10 heteroatoms. The summed E-state index contributed by atoms with van der Waals surface area (Å²) < 4.78 is 5.42. The van der Waals surface area contributed by atoms with Crippen LogP contribution in [0.4, 0.5) is 11.4 Å². The van der Waals surface area contributed by atoms with E-state index in [0.29, 0.717) is 33.3 Å². The fraction of sp³-hybridized carbons (Fsp3) is 0.0938. The van der Waals surface area contributed by atoms with Crippen molar-refractivity contribution in [1.82, 2.24) is 5.32 Å². The standard InChI is InChI=1S/C32H27Cl2N3O4S/c1-20(30(38)36-26-16-9-15-25(33)29(26)34)42-24-14-8-13-23(19-24)35-32(40)27(18-22-12-6-7-17-28(22)41-2)37-31(39)21-10-4-3-5-11-21/h3-20H,1-2H3,(H,35,40)(H,36,38)(H,37,39)/b27-18+. The number of halogens is 2. The molecule has 4 rings (SSSR count). The smallest absolute Gasteiger partial charge is 0.272 e. The van der Waals surface area contributed by atoms with Crippen molar-refractivity contribution in [2.75, 3.05) is 17.7 Å². The fourth-order valence-corrected chi connectivity index (χ4v) is 5.10. The molecule has 0 bridgehead atoms. The number of para-hydroxylation sites is 1. The first-order valence-corrected chi connectivity index (χ1v) is 14.4. The van der Waals surface area contributed by atoms with Crippen molar-refractivity contribution < 1.29 is 19.1 Å². The molecule has 0 aliphatic carbocycles. The maximum Gasteiger partial charge on any atom is 0.272 e. The second-order valence-electron chi connectivity index (χ2n) is 8.95. The van der Waals surface area contributed by atoms with Gasteiger partial charge in [-0.3, -0.25) is 14.4 Å². The number of thioether (sulfide) groups is 1. The number of carbonyl (C=O) groups is 3. The zero-order valence-electron chi connectivity index (χ0n) is 22.7. The number of benzene rings is 4. The zero-order chi connectivity index (χ0) is 30.1. The van der Waals surface area contributed by atoms with Gasteiger partial charge in [0.2, 0.25) is 5.91 Å². The molecule has 3 N–H and O–H groups in total. The van der Waals surface area contributed by atoms with Crippen molar-refractivity contribution in [3.05, 3.63) is 124 Å². The number of amides is 3. The first-order chi connectivity index (χ1) is 20.2. The van der Waals surface area contributed by atoms with Crippen LogP contribution in [0.25, 0.3) is 6.08 Å². The van der Waals surface area contributed by atoms with Crippen LogP contribution >= 0.6 is 35.0 Å². The molecule has 1 unspecified atom stereocenters. The third-order valence-electron chi connectivity index (χ3n) is 5.95. The summed E-state index contributed by atoms with van der Waals surface area (Å²) in [5.74, 6) is -0.685. The highest BCUT2D eigenvalue weighted by atomic mass is 35.5. The van der Waals surface area contributed by atoms with Crippen LogP contribution in [0.1, 0.15) is 22.8 Å². The molecule has 214 valence electrons. The van der Waals surface area contributed by atoms with Crippen molar-refractivity contribution in [2.45, 2.75) is 17.1 Å². The van der Waals surface area contributed by atoms with Gasteiger partial charge in [-0.2, -0.15) is 0 Å². The third kappa shape index (κ3) is 8.16. The quantitative estimate of drug-likeness (QED) is 0.126. The Morgan fingerprint density at radius 3 is 2.33 bits per heavy atom. The molecule has 3 amide bonds. The summed E-state index contributed by atoms with van der Waals surface area (Å²) in [7, 11) is 1.53. The normalized spacial score (nSPS) is 11.8. The molecule has 7 nitrogen and oxygen atoms in total. The molecule has 1 atom stereocenters. The van der Waals surface area contributed by atoms with Crippen molar-refractivity contribution >= 4 is 70.1 Å². The van der Waals surface area contributed by atoms with Gasteiger partial charge in [0.25, 0.3) is 11.8 Å². The Kier molecular flexibility index (Phi) is 10.7. The maximum absolute atomic E-state index is 13.5. The van der Waals surface area contributed by atoms with E-state index < -0.39 is 17.1 Å². The predicted molar refractivity (Wildman–Crippen MR) is 170 cm³/mol. The highest BCUT2D eigenvalue weighted by Crippen LogP contribution is 2.31. The van der Waals surface area contributed by atoms with Crippen LogP contribution in [0.3, 0.4) is 0 Å². The third-order valence-corrected chi connectivity index (χ3v) is 7.86. The van der Waals surface area contributed by atoms with Gasteiger partial charge in [-0.05, 0) is 61.5 Å². The summed E-state index contributed by atoms with van der Waals surface area (Å²) in [4.78, 5) is 40.0. The van der Waals surface area contributed by atoms with Crippen LogP contribution in [0.5, 0.6) is 5.75 Å². The lowest BCUT2D eigenvalue weighted by molar-refractivity contribution is -0.115. The van der Waals surface area contributed by atoms with Gasteiger partial charge in [0.05, 0.1) is 28.1 Å². The Morgan fingerprint density at radius 2 is 1.57 bits per heavy atom. The SMILES string of the molecule is COc1ccccc1/C=C(/NC(=O)c1ccccc1)C(=O)Nc1cccc(SC(C)C(=O)Nc2cccc(Cl)c2Cl)c1. The summed E-state index contributed by atoms with van der Waals surface area (Å²) >= 11 is 13.6. The second kappa shape index (κ2) is 14.6. The van der Waals surface area contributed by atoms with Crippen LogP contribution < -0.4 is 20.7 Å². The monoisotopic (exact) mass is 619 g/mol. The molecule has 0 aliphatic heterocycles. The highest BCUT2D eigenvalue weighted by Gasteiger charge is 2.19. The van der Waals surface area contributed by atoms with E-state index in [0.717, 1.165) is 4.90 Å². The average molecular weight is 621 g/mol. The Labute approximate surface area is 258 Å². The molecule has 0 radical (unpaired) electrons. The molecule has 4 aromatic carbocycles. The lowest BCUT2D eigenvalue weighted by Crippen LogP contribution is -2.30. The van der Waals surface area contributed by atoms with E-state index in [1.54, 1.807) is 97.9 Å². The largest absolute Gasteiger partial charge is 0.496 e. The van der Waals surface area contributed by atoms with Crippen molar-refractivity contribution in [3.8, 4) is 5.75 Å². The Balaban J connectivity index is 1.51. The lowest BCUT2D eigenvalue weighted by atomic mass is 10.1. The van der Waals surface area contributed by atoms with E-state index in [9.17, 15) is 14.4 Å². The number of rotatable bonds is 10. The van der Waals surface area contributed by atoms with Crippen LogP contribution in [0.2, 0.25) is 10.0 Å². The van der Waals surface area contributed by atoms with Gasteiger partial charge in [-0.1, -0.05) is 71.7 Å². The molecule has 0 heterocycles. The maximum atomic E-state index is 13.5. The van der Waals surface area contributed by atoms with Crippen molar-refractivity contribution in [1.29, 1.82) is 0 Å². The Morgan fingerprint density at radius 1 is 0.857 bits per heavy atom. The number of anilines is 2. The molecule has 42 heavy (non-hydrogen) atoms. The number of methoxy groups -OCH3 is 1. The number of ether oxygens (including phenoxy) is 1. The second-order valence-corrected chi connectivity index (χ2v) is 11.2. The van der Waals surface area contributed by atoms with E-state index in [2.05, 4.69) is 16.0 Å². The summed E-state index contributed by atoms with van der Waals surface area (Å²) in [6.07, 6.45) is 1.56. The fourth-order valence-electron chi connectivity index (χ4n) is 3.82. The van der Waals surface area contributed by atoms with Crippen molar-refractivity contribution in [3.63, 3.8) is 0 Å². The molecular formula is C32H27Cl2N3O4S. The molecule has 4 aromatic rings. The van der Waals surface area contributed by atoms with E-state index in [1.165, 1.54) is 18.9 Å². The summed E-state index contributed by atoms with van der Waals surface area (Å²) in [5.41, 5.74) is 1.95. The Bertz CT molecular complexity index is 1630. The molecule has 0 aromatic heterocycles.